The monoisotopic (exact) mass is 477 g/mol. The van der Waals surface area contributed by atoms with Gasteiger partial charge in [-0.15, -0.1) is 0 Å². The van der Waals surface area contributed by atoms with Gasteiger partial charge < -0.3 is 15.7 Å². The summed E-state index contributed by atoms with van der Waals surface area (Å²) in [6, 6.07) is 17.4. The molecule has 0 unspecified atom stereocenters. The van der Waals surface area contributed by atoms with Gasteiger partial charge in [0, 0.05) is 24.5 Å². The summed E-state index contributed by atoms with van der Waals surface area (Å²) in [6.07, 6.45) is 5.77. The van der Waals surface area contributed by atoms with Gasteiger partial charge in [-0.3, -0.25) is 14.6 Å². The first kappa shape index (κ1) is 25.0. The minimum Gasteiger partial charge on any atom is -0.480 e. The Morgan fingerprint density at radius 2 is 1.82 bits per heavy atom. The van der Waals surface area contributed by atoms with E-state index < -0.39 is 17.9 Å². The van der Waals surface area contributed by atoms with E-state index in [9.17, 15) is 19.5 Å². The smallest absolute Gasteiger partial charge is 0.326 e. The minimum atomic E-state index is -1.06. The van der Waals surface area contributed by atoms with Crippen LogP contribution in [-0.2, 0) is 22.6 Å². The van der Waals surface area contributed by atoms with Crippen LogP contribution in [0.15, 0.2) is 73.1 Å². The van der Waals surface area contributed by atoms with E-state index in [0.29, 0.717) is 29.8 Å². The van der Waals surface area contributed by atoms with Gasteiger partial charge in [-0.2, -0.15) is 11.8 Å². The fourth-order valence-electron chi connectivity index (χ4n) is 3.44. The second-order valence-electron chi connectivity index (χ2n) is 7.71. The van der Waals surface area contributed by atoms with Crippen molar-refractivity contribution in [2.45, 2.75) is 25.4 Å². The first-order valence-corrected chi connectivity index (χ1v) is 12.2. The van der Waals surface area contributed by atoms with Crippen LogP contribution in [0.3, 0.4) is 0 Å². The van der Waals surface area contributed by atoms with E-state index in [2.05, 4.69) is 15.6 Å². The standard InChI is InChI=1S/C26H27N3O4S/c1-34-13-11-23(26(32)33)29-25(31)21-10-9-19(14-22(21)20-7-3-2-4-8-20)17-28-24(30)15-18-6-5-12-27-16-18/h2-10,12,14,16,23H,11,13,15,17H2,1H3,(H,28,30)(H,29,31)(H,32,33)/t23-/m0/s1. The van der Waals surface area contributed by atoms with Crippen molar-refractivity contribution in [3.8, 4) is 11.1 Å². The number of nitrogens with zero attached hydrogens (tertiary/aromatic N) is 1. The first-order chi connectivity index (χ1) is 16.5. The van der Waals surface area contributed by atoms with Gasteiger partial charge in [0.15, 0.2) is 0 Å². The number of carbonyl (C=O) groups excluding carboxylic acids is 2. The number of aliphatic carboxylic acids is 1. The molecule has 3 N–H and O–H groups in total. The van der Waals surface area contributed by atoms with Gasteiger partial charge in [-0.05, 0) is 58.9 Å². The zero-order chi connectivity index (χ0) is 24.3. The highest BCUT2D eigenvalue weighted by Gasteiger charge is 2.22. The Morgan fingerprint density at radius 3 is 2.50 bits per heavy atom. The maximum Gasteiger partial charge on any atom is 0.326 e. The lowest BCUT2D eigenvalue weighted by Gasteiger charge is -2.17. The predicted octanol–water partition coefficient (Wildman–Crippen LogP) is 3.54. The van der Waals surface area contributed by atoms with Crippen LogP contribution in [0.5, 0.6) is 0 Å². The second kappa shape index (κ2) is 12.6. The van der Waals surface area contributed by atoms with E-state index in [0.717, 1.165) is 16.7 Å². The molecule has 0 saturated carbocycles. The highest BCUT2D eigenvalue weighted by molar-refractivity contribution is 7.98. The summed E-state index contributed by atoms with van der Waals surface area (Å²) in [7, 11) is 0. The molecule has 0 fully saturated rings. The Kier molecular flexibility index (Phi) is 9.22. The van der Waals surface area contributed by atoms with Gasteiger partial charge in [0.05, 0.1) is 6.42 Å². The molecule has 0 aliphatic rings. The Labute approximate surface area is 203 Å². The fourth-order valence-corrected chi connectivity index (χ4v) is 3.91. The maximum absolute atomic E-state index is 13.0. The molecule has 8 heteroatoms. The lowest BCUT2D eigenvalue weighted by molar-refractivity contribution is -0.139. The van der Waals surface area contributed by atoms with Crippen molar-refractivity contribution >= 4 is 29.5 Å². The van der Waals surface area contributed by atoms with Gasteiger partial charge in [0.1, 0.15) is 6.04 Å². The quantitative estimate of drug-likeness (QED) is 0.390. The van der Waals surface area contributed by atoms with E-state index in [1.807, 2.05) is 48.7 Å². The predicted molar refractivity (Wildman–Crippen MR) is 134 cm³/mol. The summed E-state index contributed by atoms with van der Waals surface area (Å²) in [5.41, 5.74) is 3.53. The molecule has 0 saturated heterocycles. The van der Waals surface area contributed by atoms with Crippen molar-refractivity contribution in [3.05, 3.63) is 89.7 Å². The maximum atomic E-state index is 13.0. The van der Waals surface area contributed by atoms with Gasteiger partial charge in [0.25, 0.3) is 5.91 Å². The molecule has 0 radical (unpaired) electrons. The molecule has 2 amide bonds. The molecule has 3 rings (SSSR count). The van der Waals surface area contributed by atoms with Crippen molar-refractivity contribution in [1.29, 1.82) is 0 Å². The number of carboxylic acids is 1. The number of amides is 2. The number of pyridine rings is 1. The van der Waals surface area contributed by atoms with Crippen LogP contribution in [0, 0.1) is 0 Å². The average molecular weight is 478 g/mol. The molecule has 0 spiro atoms. The molecule has 1 atom stereocenters. The number of carboxylic acid groups (broad SMARTS) is 1. The van der Waals surface area contributed by atoms with Crippen LogP contribution >= 0.6 is 11.8 Å². The molecule has 1 aromatic heterocycles. The van der Waals surface area contributed by atoms with E-state index in [4.69, 9.17) is 0 Å². The van der Waals surface area contributed by atoms with Crippen molar-refractivity contribution in [3.63, 3.8) is 0 Å². The normalized spacial score (nSPS) is 11.4. The fraction of sp³-hybridized carbons (Fsp3) is 0.231. The largest absolute Gasteiger partial charge is 0.480 e. The summed E-state index contributed by atoms with van der Waals surface area (Å²) in [6.45, 7) is 0.298. The number of aromatic nitrogens is 1. The van der Waals surface area contributed by atoms with Gasteiger partial charge >= 0.3 is 5.97 Å². The van der Waals surface area contributed by atoms with Crippen LogP contribution in [0.25, 0.3) is 11.1 Å². The zero-order valence-corrected chi connectivity index (χ0v) is 19.7. The summed E-state index contributed by atoms with van der Waals surface area (Å²) < 4.78 is 0. The third-order valence-corrected chi connectivity index (χ3v) is 5.85. The summed E-state index contributed by atoms with van der Waals surface area (Å²) >= 11 is 1.53. The Bertz CT molecular complexity index is 1120. The number of thioether (sulfide) groups is 1. The summed E-state index contributed by atoms with van der Waals surface area (Å²) in [5, 5.41) is 15.0. The lowest BCUT2D eigenvalue weighted by Crippen LogP contribution is -2.41. The van der Waals surface area contributed by atoms with E-state index in [1.54, 1.807) is 30.6 Å². The molecular weight excluding hydrogens is 450 g/mol. The van der Waals surface area contributed by atoms with Crippen LogP contribution in [0.4, 0.5) is 0 Å². The van der Waals surface area contributed by atoms with Crippen LogP contribution in [0.2, 0.25) is 0 Å². The molecular formula is C26H27N3O4S. The van der Waals surface area contributed by atoms with Gasteiger partial charge in [-0.1, -0.05) is 42.5 Å². The minimum absolute atomic E-state index is 0.130. The van der Waals surface area contributed by atoms with Crippen molar-refractivity contribution < 1.29 is 19.5 Å². The van der Waals surface area contributed by atoms with Crippen molar-refractivity contribution in [2.24, 2.45) is 0 Å². The first-order valence-electron chi connectivity index (χ1n) is 10.8. The lowest BCUT2D eigenvalue weighted by atomic mass is 9.96. The van der Waals surface area contributed by atoms with Crippen LogP contribution < -0.4 is 10.6 Å². The summed E-state index contributed by atoms with van der Waals surface area (Å²) in [5.74, 6) is -1.01. The third kappa shape index (κ3) is 7.18. The Morgan fingerprint density at radius 1 is 1.03 bits per heavy atom. The molecule has 0 bridgehead atoms. The number of carbonyl (C=O) groups is 3. The molecule has 0 aliphatic carbocycles. The summed E-state index contributed by atoms with van der Waals surface area (Å²) in [4.78, 5) is 41.0. The SMILES string of the molecule is CSCC[C@H](NC(=O)c1ccc(CNC(=O)Cc2cccnc2)cc1-c1ccccc1)C(=O)O. The van der Waals surface area contributed by atoms with Gasteiger partial charge in [0.2, 0.25) is 5.91 Å². The highest BCUT2D eigenvalue weighted by atomic mass is 32.2. The van der Waals surface area contributed by atoms with Gasteiger partial charge in [-0.25, -0.2) is 4.79 Å². The molecule has 176 valence electrons. The van der Waals surface area contributed by atoms with E-state index in [1.165, 1.54) is 11.8 Å². The zero-order valence-electron chi connectivity index (χ0n) is 18.9. The topological polar surface area (TPSA) is 108 Å². The number of hydrogen-bond donors (Lipinski definition) is 3. The molecule has 3 aromatic rings. The van der Waals surface area contributed by atoms with Crippen LogP contribution in [0.1, 0.15) is 27.9 Å². The number of hydrogen-bond acceptors (Lipinski definition) is 5. The molecule has 0 aliphatic heterocycles. The molecule has 34 heavy (non-hydrogen) atoms. The Hall–Kier alpha value is -3.65. The average Bonchev–Trinajstić information content (AvgIpc) is 2.86. The molecule has 1 heterocycles. The van der Waals surface area contributed by atoms with E-state index in [-0.39, 0.29) is 12.3 Å². The highest BCUT2D eigenvalue weighted by Crippen LogP contribution is 2.25. The molecule has 7 nitrogen and oxygen atoms in total. The van der Waals surface area contributed by atoms with Crippen molar-refractivity contribution in [2.75, 3.05) is 12.0 Å². The Balaban J connectivity index is 1.78. The van der Waals surface area contributed by atoms with E-state index >= 15 is 0 Å². The van der Waals surface area contributed by atoms with Crippen molar-refractivity contribution in [1.82, 2.24) is 15.6 Å². The third-order valence-electron chi connectivity index (χ3n) is 5.20. The number of nitrogens with one attached hydrogen (secondary N) is 2. The van der Waals surface area contributed by atoms with Crippen LogP contribution in [-0.4, -0.2) is 45.9 Å². The number of benzene rings is 2. The second-order valence-corrected chi connectivity index (χ2v) is 8.69. The number of rotatable bonds is 11. The molecule has 2 aromatic carbocycles.